The first kappa shape index (κ1) is 10.9. The predicted molar refractivity (Wildman–Crippen MR) is 61.6 cm³/mol. The van der Waals surface area contributed by atoms with Crippen molar-refractivity contribution in [3.8, 4) is 6.07 Å². The van der Waals surface area contributed by atoms with Crippen LogP contribution in [0.4, 0.5) is 10.1 Å². The Balaban J connectivity index is 2.00. The van der Waals surface area contributed by atoms with Crippen molar-refractivity contribution in [3.05, 3.63) is 29.6 Å². The summed E-state index contributed by atoms with van der Waals surface area (Å²) in [4.78, 5) is 0. The molecule has 16 heavy (non-hydrogen) atoms. The monoisotopic (exact) mass is 218 g/mol. The summed E-state index contributed by atoms with van der Waals surface area (Å²) in [5.41, 5.74) is 1.29. The first-order chi connectivity index (χ1) is 7.69. The number of anilines is 1. The lowest BCUT2D eigenvalue weighted by molar-refractivity contribution is 0.521. The molecule has 1 aromatic carbocycles. The Morgan fingerprint density at radius 1 is 1.50 bits per heavy atom. The van der Waals surface area contributed by atoms with Crippen molar-refractivity contribution in [1.82, 2.24) is 0 Å². The maximum absolute atomic E-state index is 13.3. The Kier molecular flexibility index (Phi) is 2.82. The van der Waals surface area contributed by atoms with Crippen molar-refractivity contribution in [2.24, 2.45) is 5.41 Å². The Labute approximate surface area is 95.1 Å². The summed E-state index contributed by atoms with van der Waals surface area (Å²) >= 11 is 0. The lowest BCUT2D eigenvalue weighted by Crippen LogP contribution is -2.14. The first-order valence-corrected chi connectivity index (χ1v) is 5.63. The minimum atomic E-state index is -0.450. The highest BCUT2D eigenvalue weighted by Crippen LogP contribution is 2.48. The van der Waals surface area contributed by atoms with E-state index in [2.05, 4.69) is 12.2 Å². The highest BCUT2D eigenvalue weighted by Gasteiger charge is 2.40. The molecule has 0 aromatic heterocycles. The third-order valence-corrected chi connectivity index (χ3v) is 3.46. The Morgan fingerprint density at radius 2 is 2.25 bits per heavy atom. The van der Waals surface area contributed by atoms with Gasteiger partial charge in [-0.15, -0.1) is 0 Å². The van der Waals surface area contributed by atoms with Crippen molar-refractivity contribution in [3.63, 3.8) is 0 Å². The fraction of sp³-hybridized carbons (Fsp3) is 0.462. The number of benzene rings is 1. The summed E-state index contributed by atoms with van der Waals surface area (Å²) < 4.78 is 13.3. The molecule has 84 valence electrons. The van der Waals surface area contributed by atoms with Crippen molar-refractivity contribution >= 4 is 5.69 Å². The zero-order valence-corrected chi connectivity index (χ0v) is 9.39. The van der Waals surface area contributed by atoms with Crippen molar-refractivity contribution in [1.29, 1.82) is 5.26 Å². The third kappa shape index (κ3) is 2.16. The molecule has 0 spiro atoms. The molecule has 0 saturated heterocycles. The van der Waals surface area contributed by atoms with Crippen LogP contribution < -0.4 is 5.32 Å². The van der Waals surface area contributed by atoms with Gasteiger partial charge >= 0.3 is 0 Å². The van der Waals surface area contributed by atoms with E-state index in [4.69, 9.17) is 5.26 Å². The van der Waals surface area contributed by atoms with Gasteiger partial charge in [-0.25, -0.2) is 4.39 Å². The highest BCUT2D eigenvalue weighted by molar-refractivity contribution is 5.48. The number of halogens is 1. The van der Waals surface area contributed by atoms with Gasteiger partial charge in [0.15, 0.2) is 0 Å². The molecule has 0 unspecified atom stereocenters. The van der Waals surface area contributed by atoms with Crippen molar-refractivity contribution in [2.75, 3.05) is 11.9 Å². The maximum Gasteiger partial charge on any atom is 0.143 e. The van der Waals surface area contributed by atoms with Gasteiger partial charge in [-0.1, -0.05) is 6.92 Å². The van der Waals surface area contributed by atoms with Crippen LogP contribution in [0.3, 0.4) is 0 Å². The van der Waals surface area contributed by atoms with Gasteiger partial charge in [-0.05, 0) is 42.9 Å². The topological polar surface area (TPSA) is 35.8 Å². The van der Waals surface area contributed by atoms with Gasteiger partial charge in [0.1, 0.15) is 11.9 Å². The summed E-state index contributed by atoms with van der Waals surface area (Å²) in [5.74, 6) is -0.450. The third-order valence-electron chi connectivity index (χ3n) is 3.46. The summed E-state index contributed by atoms with van der Waals surface area (Å²) in [5, 5.41) is 11.8. The molecule has 1 saturated carbocycles. The first-order valence-electron chi connectivity index (χ1n) is 5.63. The molecule has 0 atom stereocenters. The minimum absolute atomic E-state index is 0.0992. The van der Waals surface area contributed by atoms with Gasteiger partial charge in [0.2, 0.25) is 0 Å². The minimum Gasteiger partial charge on any atom is -0.384 e. The Morgan fingerprint density at radius 3 is 2.75 bits per heavy atom. The molecule has 1 aliphatic rings. The average Bonchev–Trinajstić information content (AvgIpc) is 3.07. The van der Waals surface area contributed by atoms with Gasteiger partial charge in [0.25, 0.3) is 0 Å². The molecule has 0 aliphatic heterocycles. The molecule has 2 nitrogen and oxygen atoms in total. The molecule has 0 radical (unpaired) electrons. The van der Waals surface area contributed by atoms with E-state index in [-0.39, 0.29) is 5.56 Å². The van der Waals surface area contributed by atoms with Crippen molar-refractivity contribution < 1.29 is 4.39 Å². The van der Waals surface area contributed by atoms with Crippen molar-refractivity contribution in [2.45, 2.75) is 26.2 Å². The average molecular weight is 218 g/mol. The van der Waals surface area contributed by atoms with Crippen LogP contribution in [0.25, 0.3) is 0 Å². The second kappa shape index (κ2) is 4.13. The number of hydrogen-bond acceptors (Lipinski definition) is 2. The summed E-state index contributed by atoms with van der Waals surface area (Å²) in [6.07, 6.45) is 3.68. The van der Waals surface area contributed by atoms with Gasteiger partial charge < -0.3 is 5.32 Å². The summed E-state index contributed by atoms with van der Waals surface area (Å²) in [6.45, 7) is 3.09. The van der Waals surface area contributed by atoms with E-state index in [1.807, 2.05) is 6.07 Å². The van der Waals surface area contributed by atoms with Crippen LogP contribution in [0, 0.1) is 22.6 Å². The molecule has 1 aliphatic carbocycles. The largest absolute Gasteiger partial charge is 0.384 e. The maximum atomic E-state index is 13.3. The molecule has 1 aromatic rings. The Bertz CT molecular complexity index is 430. The SMILES string of the molecule is CCC1(CNc2ccc(C#N)c(F)c2)CC1. The van der Waals surface area contributed by atoms with E-state index >= 15 is 0 Å². The number of nitrogens with one attached hydrogen (secondary N) is 1. The van der Waals surface area contributed by atoms with Gasteiger partial charge in [-0.2, -0.15) is 5.26 Å². The zero-order chi connectivity index (χ0) is 11.6. The van der Waals surface area contributed by atoms with E-state index in [0.717, 1.165) is 12.2 Å². The van der Waals surface area contributed by atoms with Gasteiger partial charge in [0, 0.05) is 12.2 Å². The standard InChI is InChI=1S/C13H15FN2/c1-2-13(5-6-13)9-16-11-4-3-10(8-15)12(14)7-11/h3-4,7,16H,2,5-6,9H2,1H3. The van der Waals surface area contributed by atoms with E-state index in [1.54, 1.807) is 6.07 Å². The molecule has 1 N–H and O–H groups in total. The molecule has 0 amide bonds. The number of nitrogens with zero attached hydrogens (tertiary/aromatic N) is 1. The number of rotatable bonds is 4. The summed E-state index contributed by atoms with van der Waals surface area (Å²) in [7, 11) is 0. The van der Waals surface area contributed by atoms with Crippen LogP contribution in [-0.4, -0.2) is 6.54 Å². The lowest BCUT2D eigenvalue weighted by Gasteiger charge is -2.14. The Hall–Kier alpha value is -1.56. The molecular weight excluding hydrogens is 203 g/mol. The molecule has 1 fully saturated rings. The van der Waals surface area contributed by atoms with Crippen LogP contribution in [0.1, 0.15) is 31.7 Å². The molecule has 0 heterocycles. The van der Waals surface area contributed by atoms with Gasteiger partial charge in [-0.3, -0.25) is 0 Å². The molecular formula is C13H15FN2. The summed E-state index contributed by atoms with van der Waals surface area (Å²) in [6, 6.07) is 6.48. The van der Waals surface area contributed by atoms with E-state index in [1.165, 1.54) is 31.4 Å². The highest BCUT2D eigenvalue weighted by atomic mass is 19.1. The van der Waals surface area contributed by atoms with Crippen LogP contribution in [0.2, 0.25) is 0 Å². The van der Waals surface area contributed by atoms with Crippen LogP contribution in [-0.2, 0) is 0 Å². The lowest BCUT2D eigenvalue weighted by atomic mass is 10.0. The number of hydrogen-bond donors (Lipinski definition) is 1. The quantitative estimate of drug-likeness (QED) is 0.841. The molecule has 0 bridgehead atoms. The van der Waals surface area contributed by atoms with Crippen LogP contribution in [0.15, 0.2) is 18.2 Å². The number of nitriles is 1. The second-order valence-electron chi connectivity index (χ2n) is 4.51. The normalized spacial score (nSPS) is 16.6. The van der Waals surface area contributed by atoms with Crippen LogP contribution >= 0.6 is 0 Å². The smallest absolute Gasteiger partial charge is 0.143 e. The second-order valence-corrected chi connectivity index (χ2v) is 4.51. The fourth-order valence-electron chi connectivity index (χ4n) is 1.84. The molecule has 2 rings (SSSR count). The fourth-order valence-corrected chi connectivity index (χ4v) is 1.84. The van der Waals surface area contributed by atoms with Gasteiger partial charge in [0.05, 0.1) is 5.56 Å². The van der Waals surface area contributed by atoms with Crippen LogP contribution in [0.5, 0.6) is 0 Å². The predicted octanol–water partition coefficient (Wildman–Crippen LogP) is 3.30. The van der Waals surface area contributed by atoms with E-state index in [0.29, 0.717) is 5.41 Å². The van der Waals surface area contributed by atoms with E-state index < -0.39 is 5.82 Å². The molecule has 3 heteroatoms. The zero-order valence-electron chi connectivity index (χ0n) is 9.39. The van der Waals surface area contributed by atoms with E-state index in [9.17, 15) is 4.39 Å².